The van der Waals surface area contributed by atoms with Crippen molar-refractivity contribution in [3.8, 4) is 0 Å². The lowest BCUT2D eigenvalue weighted by atomic mass is 9.32. The van der Waals surface area contributed by atoms with Gasteiger partial charge in [-0.05, 0) is 159 Å². The van der Waals surface area contributed by atoms with Gasteiger partial charge in [0.1, 0.15) is 35.8 Å². The third kappa shape index (κ3) is 5.05. The average molecular weight is 1040 g/mol. The lowest BCUT2D eigenvalue weighted by molar-refractivity contribution is -0.281. The summed E-state index contributed by atoms with van der Waals surface area (Å²) in [5, 5.41) is 39.8. The normalized spacial score (nSPS) is 56.6. The minimum atomic E-state index is -1.49. The van der Waals surface area contributed by atoms with Gasteiger partial charge in [0.15, 0.2) is 11.9 Å². The number of carbonyl (C=O) groups excluding carboxylic acids is 3. The van der Waals surface area contributed by atoms with E-state index >= 15 is 9.59 Å². The van der Waals surface area contributed by atoms with Crippen molar-refractivity contribution in [2.75, 3.05) is 26.4 Å². The molecule has 0 amide bonds. The smallest absolute Gasteiger partial charge is 0.339 e. The maximum atomic E-state index is 16.8. The molecule has 1 aromatic rings. The molecule has 4 N–H and O–H groups in total. The van der Waals surface area contributed by atoms with Gasteiger partial charge in [0.05, 0.1) is 48.5 Å². The number of aliphatic hydroxyl groups excluding tert-OH is 3. The Morgan fingerprint density at radius 3 is 2.68 bits per heavy atom. The van der Waals surface area contributed by atoms with Gasteiger partial charge in [-0.25, -0.2) is 4.79 Å². The van der Waals surface area contributed by atoms with Crippen molar-refractivity contribution in [3.63, 3.8) is 0 Å². The number of nitrogens with zero attached hydrogens (tertiary/aromatic N) is 1. The summed E-state index contributed by atoms with van der Waals surface area (Å²) in [6, 6.07) is 2.40. The molecule has 13 heteroatoms. The van der Waals surface area contributed by atoms with Crippen molar-refractivity contribution < 1.29 is 53.1 Å². The minimum absolute atomic E-state index is 0.0475. The first-order chi connectivity index (χ1) is 36.7. The van der Waals surface area contributed by atoms with Gasteiger partial charge < -0.3 is 43.6 Å². The Balaban J connectivity index is 0.806. The molecule has 8 heterocycles. The highest BCUT2D eigenvalue weighted by molar-refractivity contribution is 5.94. The largest absolute Gasteiger partial charge is 0.469 e. The molecule has 16 aliphatic rings. The van der Waals surface area contributed by atoms with Crippen LogP contribution in [0, 0.1) is 104 Å². The number of hydrogen-bond donors (Lipinski definition) is 4. The minimum Gasteiger partial charge on any atom is -0.469 e. The van der Waals surface area contributed by atoms with Crippen LogP contribution in [0.2, 0.25) is 0 Å². The number of furan rings is 1. The first-order valence-corrected chi connectivity index (χ1v) is 30.5. The number of rotatable bonds is 6. The summed E-state index contributed by atoms with van der Waals surface area (Å²) in [6.07, 6.45) is 25.6. The number of Topliss-reactive ketones (excluding diaryl/α,β-unsaturated/α-hetero) is 1. The number of cyclic esters (lactones) is 2. The molecule has 5 bridgehead atoms. The molecule has 6 spiro atoms. The van der Waals surface area contributed by atoms with Crippen molar-refractivity contribution in [2.24, 2.45) is 104 Å². The van der Waals surface area contributed by atoms with E-state index < -0.39 is 86.6 Å². The number of nitrogens with one attached hydrogen (secondary N) is 1. The molecule has 26 atom stereocenters. The van der Waals surface area contributed by atoms with E-state index in [0.29, 0.717) is 60.7 Å². The zero-order chi connectivity index (χ0) is 51.5. The maximum absolute atomic E-state index is 16.8. The summed E-state index contributed by atoms with van der Waals surface area (Å²) >= 11 is 0. The summed E-state index contributed by atoms with van der Waals surface area (Å²) in [7, 11) is 0. The van der Waals surface area contributed by atoms with Crippen molar-refractivity contribution in [3.05, 3.63) is 59.7 Å². The molecule has 0 radical (unpaired) electrons. The molecule has 5 saturated heterocycles. The van der Waals surface area contributed by atoms with E-state index in [1.165, 1.54) is 37.7 Å². The van der Waals surface area contributed by atoms with Gasteiger partial charge >= 0.3 is 11.9 Å². The molecule has 13 fully saturated rings. The first kappa shape index (κ1) is 47.5. The van der Waals surface area contributed by atoms with Crippen LogP contribution in [0.5, 0.6) is 0 Å². The second kappa shape index (κ2) is 15.2. The molecule has 76 heavy (non-hydrogen) atoms. The number of ether oxygens (including phenoxy) is 4. The van der Waals surface area contributed by atoms with Crippen molar-refractivity contribution in [1.29, 1.82) is 0 Å². The topological polar surface area (TPSA) is 181 Å². The summed E-state index contributed by atoms with van der Waals surface area (Å²) in [5.41, 5.74) is -5.39. The van der Waals surface area contributed by atoms with Crippen LogP contribution in [0.3, 0.4) is 0 Å². The Kier molecular flexibility index (Phi) is 9.47. The third-order valence-corrected chi connectivity index (χ3v) is 27.7. The van der Waals surface area contributed by atoms with E-state index in [0.717, 1.165) is 76.6 Å². The summed E-state index contributed by atoms with van der Waals surface area (Å²) in [4.78, 5) is 49.6. The van der Waals surface area contributed by atoms with Gasteiger partial charge in [-0.3, -0.25) is 14.9 Å². The summed E-state index contributed by atoms with van der Waals surface area (Å²) < 4.78 is 35.7. The van der Waals surface area contributed by atoms with E-state index in [1.807, 2.05) is 6.07 Å². The average Bonchev–Trinajstić information content (AvgIpc) is 2.71. The van der Waals surface area contributed by atoms with Gasteiger partial charge in [-0.1, -0.05) is 70.8 Å². The second-order valence-electron chi connectivity index (χ2n) is 29.3. The molecule has 8 saturated carbocycles. The van der Waals surface area contributed by atoms with Gasteiger partial charge in [0, 0.05) is 46.7 Å². The van der Waals surface area contributed by atoms with E-state index in [1.54, 1.807) is 6.26 Å². The standard InChI is InChI=1S/C63H80N2O11/c1-32-39-10-5-4-8-33(39)13-19-58(32)17-7-18-61-46(58)24-38-23-37-9-6-16-59(37)27-36-26-56(2)52(41-15-21-72-45(41)25-42(44(67)29-66)34-11-12-40-35(22-34)14-20-65-31-64-28-43(40)65)74-55(71)53-63(56,75-53)57(3)48(36)60(49(61)47(68)51(57)69)30-73-54(70)50(59)62(38,60)76-61/h7,14-15,17,20-21,24,32-37,39-40,42-44,46,48-53,64,66-67,69H,4-6,8-13,16,18-19,22-23,25-31H2,1-3H3. The lowest BCUT2D eigenvalue weighted by Gasteiger charge is -2.70. The third-order valence-electron chi connectivity index (χ3n) is 27.7. The predicted molar refractivity (Wildman–Crippen MR) is 274 cm³/mol. The highest BCUT2D eigenvalue weighted by Crippen LogP contribution is 2.89. The Morgan fingerprint density at radius 2 is 1.82 bits per heavy atom. The molecule has 0 aromatic carbocycles. The van der Waals surface area contributed by atoms with Gasteiger partial charge in [0.25, 0.3) is 0 Å². The summed E-state index contributed by atoms with van der Waals surface area (Å²) in [6.45, 7) is 8.31. The van der Waals surface area contributed by atoms with Crippen LogP contribution in [0.1, 0.15) is 141 Å². The highest BCUT2D eigenvalue weighted by Gasteiger charge is 2.97. The number of epoxide rings is 1. The SMILES string of the molecule is CC1C2CCCCC2CCC12C=CCC13OC45C(=CC21)CC1CCCC12CC1CC6(C)C(c7ccoc7CC(C(O)CO)C7CCC8C(C=CN9CNCC89)C7)OC(=O)C7OC76C6(C)C(O)C(=O)C3C4(COC(=O)C25)C16. The molecular weight excluding hydrogens is 961 g/mol. The predicted octanol–water partition coefficient (Wildman–Crippen LogP) is 7.53. The Labute approximate surface area is 446 Å². The van der Waals surface area contributed by atoms with Gasteiger partial charge in [-0.15, -0.1) is 0 Å². The van der Waals surface area contributed by atoms with Gasteiger partial charge in [0.2, 0.25) is 0 Å². The number of aliphatic hydroxyl groups is 3. The molecule has 7 aliphatic heterocycles. The van der Waals surface area contributed by atoms with E-state index in [2.05, 4.69) is 61.5 Å². The molecule has 17 rings (SSSR count). The van der Waals surface area contributed by atoms with Crippen LogP contribution in [0.4, 0.5) is 0 Å². The highest BCUT2D eigenvalue weighted by atomic mass is 16.7. The number of esters is 2. The van der Waals surface area contributed by atoms with Gasteiger partial charge in [-0.2, -0.15) is 0 Å². The van der Waals surface area contributed by atoms with Crippen LogP contribution in [-0.4, -0.2) is 106 Å². The second-order valence-corrected chi connectivity index (χ2v) is 29.3. The number of hydrogen-bond acceptors (Lipinski definition) is 13. The fourth-order valence-electron chi connectivity index (χ4n) is 25.4. The fraction of sp³-hybridized carbons (Fsp3) is 0.794. The molecule has 13 nitrogen and oxygen atoms in total. The number of ketones is 1. The van der Waals surface area contributed by atoms with Crippen molar-refractivity contribution in [1.82, 2.24) is 10.2 Å². The molecule has 408 valence electrons. The lowest BCUT2D eigenvalue weighted by Crippen LogP contribution is -2.80. The van der Waals surface area contributed by atoms with E-state index in [9.17, 15) is 20.1 Å². The van der Waals surface area contributed by atoms with Crippen LogP contribution < -0.4 is 5.32 Å². The van der Waals surface area contributed by atoms with Crippen molar-refractivity contribution in [2.45, 2.75) is 177 Å². The number of allylic oxidation sites excluding steroid dienone is 2. The molecule has 26 unspecified atom stereocenters. The first-order valence-electron chi connectivity index (χ1n) is 30.5. The van der Waals surface area contributed by atoms with Crippen molar-refractivity contribution >= 4 is 17.7 Å². The Bertz CT molecular complexity index is 2830. The molecule has 9 aliphatic carbocycles. The quantitative estimate of drug-likeness (QED) is 0.125. The van der Waals surface area contributed by atoms with Crippen LogP contribution in [0.15, 0.2) is 52.8 Å². The fourth-order valence-corrected chi connectivity index (χ4v) is 25.4. The number of carbonyl (C=O) groups is 3. The molecular formula is C63H80N2O11. The maximum Gasteiger partial charge on any atom is 0.339 e. The Hall–Kier alpha value is -3.33. The van der Waals surface area contributed by atoms with Crippen LogP contribution in [-0.2, 0) is 39.8 Å². The van der Waals surface area contributed by atoms with Crippen LogP contribution >= 0.6 is 0 Å². The van der Waals surface area contributed by atoms with E-state index in [-0.39, 0.29) is 60.0 Å². The molecule has 1 aromatic heterocycles. The Morgan fingerprint density at radius 1 is 0.947 bits per heavy atom. The summed E-state index contributed by atoms with van der Waals surface area (Å²) in [5.74, 6) is 0.447. The zero-order valence-corrected chi connectivity index (χ0v) is 44.8. The van der Waals surface area contributed by atoms with E-state index in [4.69, 9.17) is 23.4 Å². The van der Waals surface area contributed by atoms with Crippen LogP contribution in [0.25, 0.3) is 0 Å². The number of fused-ring (bicyclic) bond motifs is 5. The zero-order valence-electron chi connectivity index (χ0n) is 44.8. The monoisotopic (exact) mass is 1040 g/mol.